The van der Waals surface area contributed by atoms with Crippen LogP contribution in [0.4, 0.5) is 8.78 Å². The first-order valence-corrected chi connectivity index (χ1v) is 4.36. The molecule has 0 atom stereocenters. The van der Waals surface area contributed by atoms with E-state index < -0.39 is 11.6 Å². The Bertz CT molecular complexity index is 467. The van der Waals surface area contributed by atoms with Gasteiger partial charge in [0, 0.05) is 0 Å². The molecule has 15 heavy (non-hydrogen) atoms. The third-order valence-electron chi connectivity index (χ3n) is 1.72. The molecular formula is C9H4ClF2N3. The number of aromatic nitrogens is 3. The van der Waals surface area contributed by atoms with E-state index >= 15 is 0 Å². The van der Waals surface area contributed by atoms with Gasteiger partial charge in [-0.15, -0.1) is 10.2 Å². The molecule has 0 fully saturated rings. The summed E-state index contributed by atoms with van der Waals surface area (Å²) in [5.41, 5.74) is -0.304. The second kappa shape index (κ2) is 3.86. The highest BCUT2D eigenvalue weighted by Gasteiger charge is 2.13. The lowest BCUT2D eigenvalue weighted by molar-refractivity contribution is 0.586. The second-order valence-electron chi connectivity index (χ2n) is 2.70. The quantitative estimate of drug-likeness (QED) is 0.751. The molecule has 76 valence electrons. The summed E-state index contributed by atoms with van der Waals surface area (Å²) in [6, 6.07) is 3.50. The van der Waals surface area contributed by atoms with Crippen molar-refractivity contribution >= 4 is 11.6 Å². The van der Waals surface area contributed by atoms with Gasteiger partial charge >= 0.3 is 0 Å². The molecule has 2 rings (SSSR count). The second-order valence-corrected chi connectivity index (χ2v) is 3.09. The largest absolute Gasteiger partial charge is 0.232 e. The summed E-state index contributed by atoms with van der Waals surface area (Å²) in [6.07, 6.45) is 1.18. The van der Waals surface area contributed by atoms with Gasteiger partial charge in [-0.25, -0.2) is 13.8 Å². The van der Waals surface area contributed by atoms with Crippen LogP contribution in [0.25, 0.3) is 11.4 Å². The van der Waals surface area contributed by atoms with Crippen LogP contribution in [0.15, 0.2) is 24.4 Å². The third kappa shape index (κ3) is 1.92. The number of hydrogen-bond donors (Lipinski definition) is 0. The number of rotatable bonds is 1. The van der Waals surface area contributed by atoms with Gasteiger partial charge in [0.2, 0.25) is 0 Å². The minimum absolute atomic E-state index is 0.0653. The molecule has 1 aromatic heterocycles. The fraction of sp³-hybridized carbons (Fsp3) is 0. The van der Waals surface area contributed by atoms with Crippen molar-refractivity contribution in [2.75, 3.05) is 0 Å². The predicted octanol–water partition coefficient (Wildman–Crippen LogP) is 2.47. The Kier molecular flexibility index (Phi) is 2.55. The maximum absolute atomic E-state index is 13.3. The van der Waals surface area contributed by atoms with Crippen LogP contribution < -0.4 is 0 Å². The van der Waals surface area contributed by atoms with Crippen LogP contribution in [-0.2, 0) is 0 Å². The molecule has 0 aliphatic rings. The van der Waals surface area contributed by atoms with Crippen molar-refractivity contribution in [3.63, 3.8) is 0 Å². The fourth-order valence-electron chi connectivity index (χ4n) is 1.09. The SMILES string of the molecule is Fc1cccc(F)c1-c1ncc(Cl)nn1. The van der Waals surface area contributed by atoms with Gasteiger partial charge in [-0.05, 0) is 12.1 Å². The minimum atomic E-state index is -0.737. The van der Waals surface area contributed by atoms with Crippen LogP contribution in [-0.4, -0.2) is 15.2 Å². The maximum atomic E-state index is 13.3. The van der Waals surface area contributed by atoms with Crippen LogP contribution in [0.2, 0.25) is 5.15 Å². The Morgan fingerprint density at radius 1 is 1.07 bits per heavy atom. The number of benzene rings is 1. The summed E-state index contributed by atoms with van der Waals surface area (Å²) in [4.78, 5) is 3.68. The van der Waals surface area contributed by atoms with Crippen molar-refractivity contribution in [1.29, 1.82) is 0 Å². The van der Waals surface area contributed by atoms with Gasteiger partial charge in [-0.2, -0.15) is 0 Å². The highest BCUT2D eigenvalue weighted by atomic mass is 35.5. The summed E-state index contributed by atoms with van der Waals surface area (Å²) < 4.78 is 26.5. The number of nitrogens with zero attached hydrogens (tertiary/aromatic N) is 3. The Morgan fingerprint density at radius 3 is 2.27 bits per heavy atom. The lowest BCUT2D eigenvalue weighted by Crippen LogP contribution is -1.97. The van der Waals surface area contributed by atoms with Gasteiger partial charge in [0.1, 0.15) is 11.6 Å². The van der Waals surface area contributed by atoms with E-state index in [4.69, 9.17) is 11.6 Å². The van der Waals surface area contributed by atoms with Crippen LogP contribution in [0, 0.1) is 11.6 Å². The van der Waals surface area contributed by atoms with Crippen molar-refractivity contribution in [1.82, 2.24) is 15.2 Å². The van der Waals surface area contributed by atoms with Crippen molar-refractivity contribution in [2.24, 2.45) is 0 Å². The predicted molar refractivity (Wildman–Crippen MR) is 50.2 cm³/mol. The van der Waals surface area contributed by atoms with E-state index in [-0.39, 0.29) is 16.5 Å². The zero-order chi connectivity index (χ0) is 10.8. The van der Waals surface area contributed by atoms with Crippen molar-refractivity contribution in [3.8, 4) is 11.4 Å². The topological polar surface area (TPSA) is 38.7 Å². The molecule has 2 aromatic rings. The first-order valence-electron chi connectivity index (χ1n) is 3.98. The van der Waals surface area contributed by atoms with E-state index in [2.05, 4.69) is 15.2 Å². The Labute approximate surface area is 88.8 Å². The highest BCUT2D eigenvalue weighted by molar-refractivity contribution is 6.29. The molecule has 0 aliphatic carbocycles. The standard InChI is InChI=1S/C9H4ClF2N3/c10-7-4-13-9(15-14-7)8-5(11)2-1-3-6(8)12/h1-4H. The van der Waals surface area contributed by atoms with E-state index in [1.165, 1.54) is 12.3 Å². The molecule has 0 spiro atoms. The first-order chi connectivity index (χ1) is 7.18. The van der Waals surface area contributed by atoms with E-state index in [9.17, 15) is 8.78 Å². The van der Waals surface area contributed by atoms with Gasteiger partial charge in [0.15, 0.2) is 11.0 Å². The number of hydrogen-bond acceptors (Lipinski definition) is 3. The molecule has 0 amide bonds. The first kappa shape index (κ1) is 9.92. The molecule has 1 heterocycles. The molecule has 3 nitrogen and oxygen atoms in total. The molecule has 0 bridgehead atoms. The molecule has 6 heteroatoms. The van der Waals surface area contributed by atoms with Gasteiger partial charge in [0.05, 0.1) is 11.8 Å². The van der Waals surface area contributed by atoms with Gasteiger partial charge < -0.3 is 0 Å². The highest BCUT2D eigenvalue weighted by Crippen LogP contribution is 2.21. The Hall–Kier alpha value is -1.62. The van der Waals surface area contributed by atoms with E-state index in [0.717, 1.165) is 12.1 Å². The summed E-state index contributed by atoms with van der Waals surface area (Å²) in [5, 5.41) is 7.02. The van der Waals surface area contributed by atoms with Crippen LogP contribution in [0.5, 0.6) is 0 Å². The third-order valence-corrected chi connectivity index (χ3v) is 1.89. The average Bonchev–Trinajstić information content (AvgIpc) is 2.20. The van der Waals surface area contributed by atoms with E-state index in [1.807, 2.05) is 0 Å². The van der Waals surface area contributed by atoms with Crippen molar-refractivity contribution in [2.45, 2.75) is 0 Å². The smallest absolute Gasteiger partial charge is 0.187 e. The zero-order valence-corrected chi connectivity index (χ0v) is 8.04. The number of halogens is 3. The van der Waals surface area contributed by atoms with Crippen LogP contribution in [0.3, 0.4) is 0 Å². The summed E-state index contributed by atoms with van der Waals surface area (Å²) in [5.74, 6) is -1.60. The maximum Gasteiger partial charge on any atom is 0.187 e. The monoisotopic (exact) mass is 227 g/mol. The molecule has 0 N–H and O–H groups in total. The minimum Gasteiger partial charge on any atom is -0.232 e. The zero-order valence-electron chi connectivity index (χ0n) is 7.28. The summed E-state index contributed by atoms with van der Waals surface area (Å²) in [6.45, 7) is 0. The Balaban J connectivity index is 2.58. The van der Waals surface area contributed by atoms with E-state index in [0.29, 0.717) is 0 Å². The molecule has 0 radical (unpaired) electrons. The van der Waals surface area contributed by atoms with Crippen LogP contribution >= 0.6 is 11.6 Å². The summed E-state index contributed by atoms with van der Waals surface area (Å²) in [7, 11) is 0. The van der Waals surface area contributed by atoms with Gasteiger partial charge in [-0.1, -0.05) is 17.7 Å². The summed E-state index contributed by atoms with van der Waals surface area (Å²) >= 11 is 5.46. The average molecular weight is 228 g/mol. The molecule has 1 aromatic carbocycles. The van der Waals surface area contributed by atoms with Gasteiger partial charge in [0.25, 0.3) is 0 Å². The Morgan fingerprint density at radius 2 is 1.73 bits per heavy atom. The lowest BCUT2D eigenvalue weighted by atomic mass is 10.2. The molecule has 0 unspecified atom stereocenters. The normalized spacial score (nSPS) is 10.3. The van der Waals surface area contributed by atoms with E-state index in [1.54, 1.807) is 0 Å². The molecule has 0 aliphatic heterocycles. The molecule has 0 saturated heterocycles. The fourth-order valence-corrected chi connectivity index (χ4v) is 1.17. The molecule has 0 saturated carbocycles. The van der Waals surface area contributed by atoms with Crippen molar-refractivity contribution < 1.29 is 8.78 Å². The van der Waals surface area contributed by atoms with Crippen LogP contribution in [0.1, 0.15) is 0 Å². The lowest BCUT2D eigenvalue weighted by Gasteiger charge is -2.01. The van der Waals surface area contributed by atoms with Gasteiger partial charge in [-0.3, -0.25) is 0 Å². The molecular weight excluding hydrogens is 224 g/mol. The van der Waals surface area contributed by atoms with Crippen molar-refractivity contribution in [3.05, 3.63) is 41.2 Å².